The summed E-state index contributed by atoms with van der Waals surface area (Å²) in [6, 6.07) is 0.103. The van der Waals surface area contributed by atoms with Crippen LogP contribution in [0.4, 0.5) is 27.6 Å². The zero-order valence-corrected chi connectivity index (χ0v) is 9.98. The molecule has 0 N–H and O–H groups in total. The minimum absolute atomic E-state index is 0.103. The van der Waals surface area contributed by atoms with E-state index in [-0.39, 0.29) is 6.07 Å². The number of rotatable bonds is 4. The normalized spacial score (nSPS) is 11.4. The van der Waals surface area contributed by atoms with Crippen LogP contribution in [0.15, 0.2) is 6.07 Å². The number of methoxy groups -OCH3 is 1. The standard InChI is InChI=1S/C9H5F5N2O5/c1-20-8(17)5-3(16(18)19)2-4(21-9(12,13)14)15-6(5)7(10)11/h2,7H,1H3. The molecular formula is C9H5F5N2O5. The molecule has 21 heavy (non-hydrogen) atoms. The van der Waals surface area contributed by atoms with E-state index in [1.807, 2.05) is 0 Å². The lowest BCUT2D eigenvalue weighted by molar-refractivity contribution is -0.385. The van der Waals surface area contributed by atoms with Gasteiger partial charge in [-0.1, -0.05) is 0 Å². The highest BCUT2D eigenvalue weighted by Crippen LogP contribution is 2.33. The summed E-state index contributed by atoms with van der Waals surface area (Å²) in [4.78, 5) is 23.5. The third-order valence-electron chi connectivity index (χ3n) is 2.02. The molecule has 0 aromatic carbocycles. The number of aromatic nitrogens is 1. The van der Waals surface area contributed by atoms with Crippen LogP contribution in [0.5, 0.6) is 5.88 Å². The van der Waals surface area contributed by atoms with Crippen molar-refractivity contribution < 1.29 is 41.1 Å². The Morgan fingerprint density at radius 2 is 2.00 bits per heavy atom. The van der Waals surface area contributed by atoms with Gasteiger partial charge in [0.25, 0.3) is 12.1 Å². The summed E-state index contributed by atoms with van der Waals surface area (Å²) >= 11 is 0. The Morgan fingerprint density at radius 3 is 2.38 bits per heavy atom. The number of nitro groups is 1. The fourth-order valence-electron chi connectivity index (χ4n) is 1.31. The van der Waals surface area contributed by atoms with Crippen molar-refractivity contribution >= 4 is 11.7 Å². The SMILES string of the molecule is COC(=O)c1c([N+](=O)[O-])cc(OC(F)(F)F)nc1C(F)F. The largest absolute Gasteiger partial charge is 0.574 e. The molecule has 1 aromatic rings. The first-order chi connectivity index (χ1) is 9.56. The second-order valence-electron chi connectivity index (χ2n) is 3.34. The van der Waals surface area contributed by atoms with Gasteiger partial charge in [-0.05, 0) is 0 Å². The van der Waals surface area contributed by atoms with Crippen molar-refractivity contribution in [2.75, 3.05) is 7.11 Å². The van der Waals surface area contributed by atoms with Gasteiger partial charge in [-0.15, -0.1) is 13.2 Å². The van der Waals surface area contributed by atoms with Gasteiger partial charge in [-0.25, -0.2) is 18.6 Å². The van der Waals surface area contributed by atoms with Gasteiger partial charge >= 0.3 is 12.3 Å². The zero-order chi connectivity index (χ0) is 16.4. The van der Waals surface area contributed by atoms with E-state index in [1.54, 1.807) is 0 Å². The van der Waals surface area contributed by atoms with Crippen LogP contribution >= 0.6 is 0 Å². The topological polar surface area (TPSA) is 91.6 Å². The minimum Gasteiger partial charge on any atom is -0.465 e. The lowest BCUT2D eigenvalue weighted by Crippen LogP contribution is -2.20. The van der Waals surface area contributed by atoms with Gasteiger partial charge in [0.05, 0.1) is 18.1 Å². The van der Waals surface area contributed by atoms with Gasteiger partial charge in [0, 0.05) is 0 Å². The van der Waals surface area contributed by atoms with E-state index in [0.29, 0.717) is 0 Å². The van der Waals surface area contributed by atoms with Crippen molar-refractivity contribution in [2.24, 2.45) is 0 Å². The molecule has 0 aliphatic rings. The zero-order valence-electron chi connectivity index (χ0n) is 9.98. The quantitative estimate of drug-likeness (QED) is 0.367. The van der Waals surface area contributed by atoms with E-state index < -0.39 is 46.5 Å². The van der Waals surface area contributed by atoms with Crippen LogP contribution in [0.2, 0.25) is 0 Å². The van der Waals surface area contributed by atoms with Gasteiger partial charge in [0.1, 0.15) is 5.69 Å². The maximum Gasteiger partial charge on any atom is 0.574 e. The lowest BCUT2D eigenvalue weighted by Gasteiger charge is -2.11. The summed E-state index contributed by atoms with van der Waals surface area (Å²) in [7, 11) is 0.751. The number of hydrogen-bond donors (Lipinski definition) is 0. The molecule has 0 atom stereocenters. The highest BCUT2D eigenvalue weighted by atomic mass is 19.4. The highest BCUT2D eigenvalue weighted by molar-refractivity contribution is 5.95. The van der Waals surface area contributed by atoms with Crippen molar-refractivity contribution in [3.8, 4) is 5.88 Å². The summed E-state index contributed by atoms with van der Waals surface area (Å²) in [5.41, 5.74) is -4.13. The molecule has 1 aromatic heterocycles. The Labute approximate surface area is 112 Å². The second kappa shape index (κ2) is 5.85. The predicted molar refractivity (Wildman–Crippen MR) is 53.9 cm³/mol. The van der Waals surface area contributed by atoms with Crippen LogP contribution in [0.1, 0.15) is 22.5 Å². The average Bonchev–Trinajstić information content (AvgIpc) is 2.34. The molecule has 0 saturated carbocycles. The molecule has 0 aliphatic carbocycles. The Hall–Kier alpha value is -2.53. The number of carbonyl (C=O) groups excluding carboxylic acids is 1. The van der Waals surface area contributed by atoms with Crippen LogP contribution in [0.3, 0.4) is 0 Å². The molecule has 7 nitrogen and oxygen atoms in total. The first-order valence-corrected chi connectivity index (χ1v) is 4.88. The van der Waals surface area contributed by atoms with Crippen molar-refractivity contribution in [1.29, 1.82) is 0 Å². The minimum atomic E-state index is -5.30. The van der Waals surface area contributed by atoms with E-state index in [1.165, 1.54) is 0 Å². The maximum atomic E-state index is 12.8. The Morgan fingerprint density at radius 1 is 1.43 bits per heavy atom. The number of pyridine rings is 1. The fraction of sp³-hybridized carbons (Fsp3) is 0.333. The first-order valence-electron chi connectivity index (χ1n) is 4.88. The van der Waals surface area contributed by atoms with E-state index in [2.05, 4.69) is 14.5 Å². The molecule has 116 valence electrons. The van der Waals surface area contributed by atoms with Gasteiger partial charge in [-0.2, -0.15) is 0 Å². The third-order valence-corrected chi connectivity index (χ3v) is 2.02. The third kappa shape index (κ3) is 3.97. The second-order valence-corrected chi connectivity index (χ2v) is 3.34. The number of esters is 1. The molecule has 0 fully saturated rings. The van der Waals surface area contributed by atoms with E-state index in [4.69, 9.17) is 0 Å². The number of nitrogens with zero attached hydrogens (tertiary/aromatic N) is 2. The average molecular weight is 316 g/mol. The molecule has 0 unspecified atom stereocenters. The van der Waals surface area contributed by atoms with Crippen LogP contribution in [-0.4, -0.2) is 29.3 Å². The highest BCUT2D eigenvalue weighted by Gasteiger charge is 2.36. The Balaban J connectivity index is 3.56. The molecule has 1 heterocycles. The first kappa shape index (κ1) is 16.5. The molecule has 0 aliphatic heterocycles. The van der Waals surface area contributed by atoms with Gasteiger partial charge in [0.2, 0.25) is 5.88 Å². The summed E-state index contributed by atoms with van der Waals surface area (Å²) < 4.78 is 68.9. The smallest absolute Gasteiger partial charge is 0.465 e. The Kier molecular flexibility index (Phi) is 4.60. The molecule has 1 rings (SSSR count). The van der Waals surface area contributed by atoms with Gasteiger partial charge < -0.3 is 9.47 Å². The number of halogens is 5. The number of alkyl halides is 5. The molecule has 0 amide bonds. The monoisotopic (exact) mass is 316 g/mol. The van der Waals surface area contributed by atoms with E-state index in [0.717, 1.165) is 7.11 Å². The molecule has 0 spiro atoms. The summed E-state index contributed by atoms with van der Waals surface area (Å²) in [5.74, 6) is -3.03. The maximum absolute atomic E-state index is 12.8. The molecular weight excluding hydrogens is 311 g/mol. The molecule has 0 bridgehead atoms. The van der Waals surface area contributed by atoms with Gasteiger partial charge in [-0.3, -0.25) is 10.1 Å². The van der Waals surface area contributed by atoms with Crippen molar-refractivity contribution in [1.82, 2.24) is 4.98 Å². The Bertz CT molecular complexity index is 574. The van der Waals surface area contributed by atoms with Crippen molar-refractivity contribution in [3.63, 3.8) is 0 Å². The number of hydrogen-bond acceptors (Lipinski definition) is 6. The summed E-state index contributed by atoms with van der Waals surface area (Å²) in [6.07, 6.45) is -8.86. The molecule has 12 heteroatoms. The number of carbonyl (C=O) groups is 1. The van der Waals surface area contributed by atoms with E-state index >= 15 is 0 Å². The van der Waals surface area contributed by atoms with Gasteiger partial charge in [0.15, 0.2) is 5.56 Å². The van der Waals surface area contributed by atoms with Crippen LogP contribution in [0.25, 0.3) is 0 Å². The van der Waals surface area contributed by atoms with Crippen LogP contribution < -0.4 is 4.74 Å². The van der Waals surface area contributed by atoms with Crippen LogP contribution in [-0.2, 0) is 4.74 Å². The lowest BCUT2D eigenvalue weighted by atomic mass is 10.1. The fourth-order valence-corrected chi connectivity index (χ4v) is 1.31. The predicted octanol–water partition coefficient (Wildman–Crippen LogP) is 2.61. The van der Waals surface area contributed by atoms with E-state index in [9.17, 15) is 36.9 Å². The van der Waals surface area contributed by atoms with Crippen LogP contribution in [0, 0.1) is 10.1 Å². The molecule has 0 radical (unpaired) electrons. The summed E-state index contributed by atoms with van der Waals surface area (Å²) in [6.45, 7) is 0. The number of ether oxygens (including phenoxy) is 2. The van der Waals surface area contributed by atoms with Crippen molar-refractivity contribution in [3.05, 3.63) is 27.4 Å². The summed E-state index contributed by atoms with van der Waals surface area (Å²) in [5, 5.41) is 10.7. The van der Waals surface area contributed by atoms with Crippen molar-refractivity contribution in [2.45, 2.75) is 12.8 Å². The molecule has 0 saturated heterocycles.